The maximum absolute atomic E-state index is 12.1. The highest BCUT2D eigenvalue weighted by Crippen LogP contribution is 2.22. The van der Waals surface area contributed by atoms with Crippen LogP contribution in [0.1, 0.15) is 10.8 Å². The fourth-order valence-corrected chi connectivity index (χ4v) is 3.00. The van der Waals surface area contributed by atoms with Crippen molar-refractivity contribution in [2.75, 3.05) is 18.9 Å². The Labute approximate surface area is 147 Å². The van der Waals surface area contributed by atoms with Gasteiger partial charge in [-0.1, -0.05) is 17.3 Å². The van der Waals surface area contributed by atoms with Crippen LogP contribution in [-0.4, -0.2) is 40.4 Å². The number of benzene rings is 1. The van der Waals surface area contributed by atoms with Crippen molar-refractivity contribution in [1.82, 2.24) is 15.0 Å². The molecule has 25 heavy (non-hydrogen) atoms. The minimum atomic E-state index is -0.350. The number of aromatic nitrogens is 2. The van der Waals surface area contributed by atoms with Crippen LogP contribution in [0, 0.1) is 6.92 Å². The summed E-state index contributed by atoms with van der Waals surface area (Å²) >= 11 is 1.50. The number of nitrogens with one attached hydrogen (secondary N) is 1. The van der Waals surface area contributed by atoms with Crippen molar-refractivity contribution < 1.29 is 14.1 Å². The molecule has 0 aliphatic heterocycles. The summed E-state index contributed by atoms with van der Waals surface area (Å²) in [4.78, 5) is 29.8. The van der Waals surface area contributed by atoms with Gasteiger partial charge in [0.05, 0.1) is 16.8 Å². The van der Waals surface area contributed by atoms with Crippen molar-refractivity contribution >= 4 is 45.3 Å². The molecule has 0 aliphatic carbocycles. The zero-order valence-electron chi connectivity index (χ0n) is 13.7. The normalized spacial score (nSPS) is 11.1. The SMILES string of the molecule is Cc1cc(NC(=O)CN(C)C(=O)/C=C/c2nc3ccccc3s2)no1. The number of rotatable bonds is 5. The van der Waals surface area contributed by atoms with E-state index in [0.717, 1.165) is 15.2 Å². The lowest BCUT2D eigenvalue weighted by molar-refractivity contribution is -0.129. The maximum atomic E-state index is 12.1. The Balaban J connectivity index is 1.57. The monoisotopic (exact) mass is 356 g/mol. The number of amides is 2. The van der Waals surface area contributed by atoms with Gasteiger partial charge in [-0.2, -0.15) is 0 Å². The predicted octanol–water partition coefficient (Wildman–Crippen LogP) is 2.70. The standard InChI is InChI=1S/C17H16N4O3S/c1-11-9-14(20-24-11)19-15(22)10-21(2)17(23)8-7-16-18-12-5-3-4-6-13(12)25-16/h3-9H,10H2,1-2H3,(H,19,20,22)/b8-7+. The zero-order valence-corrected chi connectivity index (χ0v) is 14.5. The Hall–Kier alpha value is -3.00. The molecule has 8 heteroatoms. The van der Waals surface area contributed by atoms with Gasteiger partial charge in [0, 0.05) is 19.2 Å². The Morgan fingerprint density at radius 1 is 1.36 bits per heavy atom. The van der Waals surface area contributed by atoms with Crippen LogP contribution in [0.15, 0.2) is 40.9 Å². The average Bonchev–Trinajstić information content (AvgIpc) is 3.17. The van der Waals surface area contributed by atoms with E-state index < -0.39 is 0 Å². The molecule has 128 valence electrons. The van der Waals surface area contributed by atoms with Crippen LogP contribution in [0.5, 0.6) is 0 Å². The summed E-state index contributed by atoms with van der Waals surface area (Å²) in [5.74, 6) is 0.287. The van der Waals surface area contributed by atoms with Gasteiger partial charge >= 0.3 is 0 Å². The number of hydrogen-bond donors (Lipinski definition) is 1. The number of nitrogens with zero attached hydrogens (tertiary/aromatic N) is 3. The van der Waals surface area contributed by atoms with E-state index in [1.54, 1.807) is 26.1 Å². The van der Waals surface area contributed by atoms with E-state index in [0.29, 0.717) is 11.6 Å². The summed E-state index contributed by atoms with van der Waals surface area (Å²) in [7, 11) is 1.55. The van der Waals surface area contributed by atoms with Crippen molar-refractivity contribution in [3.8, 4) is 0 Å². The molecule has 3 rings (SSSR count). The number of likely N-dealkylation sites (N-methyl/N-ethyl adjacent to an activating group) is 1. The highest BCUT2D eigenvalue weighted by Gasteiger charge is 2.12. The summed E-state index contributed by atoms with van der Waals surface area (Å²) in [5, 5.41) is 6.98. The number of carbonyl (C=O) groups excluding carboxylic acids is 2. The van der Waals surface area contributed by atoms with Gasteiger partial charge < -0.3 is 14.7 Å². The number of fused-ring (bicyclic) bond motifs is 1. The fraction of sp³-hybridized carbons (Fsp3) is 0.176. The first-order valence-electron chi connectivity index (χ1n) is 7.53. The molecule has 2 amide bonds. The number of carbonyl (C=O) groups is 2. The van der Waals surface area contributed by atoms with E-state index in [9.17, 15) is 9.59 Å². The first-order chi connectivity index (χ1) is 12.0. The largest absolute Gasteiger partial charge is 0.360 e. The molecule has 0 atom stereocenters. The van der Waals surface area contributed by atoms with Gasteiger partial charge in [-0.15, -0.1) is 11.3 Å². The first kappa shape index (κ1) is 16.8. The zero-order chi connectivity index (χ0) is 17.8. The molecule has 0 fully saturated rings. The Morgan fingerprint density at radius 3 is 2.88 bits per heavy atom. The summed E-state index contributed by atoms with van der Waals surface area (Å²) in [6.45, 7) is 1.64. The Bertz CT molecular complexity index is 911. The van der Waals surface area contributed by atoms with E-state index in [1.807, 2.05) is 24.3 Å². The van der Waals surface area contributed by atoms with E-state index >= 15 is 0 Å². The predicted molar refractivity (Wildman–Crippen MR) is 96.2 cm³/mol. The number of aryl methyl sites for hydroxylation is 1. The highest BCUT2D eigenvalue weighted by molar-refractivity contribution is 7.19. The lowest BCUT2D eigenvalue weighted by Gasteiger charge is -2.13. The third-order valence-electron chi connectivity index (χ3n) is 3.33. The lowest BCUT2D eigenvalue weighted by Crippen LogP contribution is -2.33. The van der Waals surface area contributed by atoms with Crippen LogP contribution < -0.4 is 5.32 Å². The minimum Gasteiger partial charge on any atom is -0.360 e. The number of thiazole rings is 1. The topological polar surface area (TPSA) is 88.3 Å². The maximum Gasteiger partial charge on any atom is 0.246 e. The molecular formula is C17H16N4O3S. The summed E-state index contributed by atoms with van der Waals surface area (Å²) in [6, 6.07) is 9.37. The lowest BCUT2D eigenvalue weighted by atomic mass is 10.3. The molecule has 0 aliphatic rings. The average molecular weight is 356 g/mol. The van der Waals surface area contributed by atoms with Gasteiger partial charge in [0.2, 0.25) is 11.8 Å². The molecule has 7 nitrogen and oxygen atoms in total. The molecule has 0 radical (unpaired) electrons. The summed E-state index contributed by atoms with van der Waals surface area (Å²) in [6.07, 6.45) is 3.06. The van der Waals surface area contributed by atoms with Crippen LogP contribution >= 0.6 is 11.3 Å². The van der Waals surface area contributed by atoms with Crippen molar-refractivity contribution in [1.29, 1.82) is 0 Å². The molecule has 1 N–H and O–H groups in total. The van der Waals surface area contributed by atoms with E-state index in [2.05, 4.69) is 15.5 Å². The number of hydrogen-bond acceptors (Lipinski definition) is 6. The molecule has 0 spiro atoms. The first-order valence-corrected chi connectivity index (χ1v) is 8.35. The van der Waals surface area contributed by atoms with Gasteiger partial charge in [0.25, 0.3) is 0 Å². The molecule has 0 saturated carbocycles. The van der Waals surface area contributed by atoms with Crippen molar-refractivity contribution in [3.63, 3.8) is 0 Å². The third kappa shape index (κ3) is 4.30. The van der Waals surface area contributed by atoms with Crippen molar-refractivity contribution in [2.45, 2.75) is 6.92 Å². The van der Waals surface area contributed by atoms with E-state index in [1.165, 1.54) is 22.3 Å². The van der Waals surface area contributed by atoms with Crippen LogP contribution in [0.3, 0.4) is 0 Å². The van der Waals surface area contributed by atoms with E-state index in [-0.39, 0.29) is 18.4 Å². The fourth-order valence-electron chi connectivity index (χ4n) is 2.13. The molecule has 0 unspecified atom stereocenters. The second-order valence-corrected chi connectivity index (χ2v) is 6.48. The smallest absolute Gasteiger partial charge is 0.246 e. The number of anilines is 1. The van der Waals surface area contributed by atoms with Crippen LogP contribution in [0.4, 0.5) is 5.82 Å². The van der Waals surface area contributed by atoms with Crippen molar-refractivity contribution in [3.05, 3.63) is 47.2 Å². The molecule has 1 aromatic carbocycles. The van der Waals surface area contributed by atoms with Gasteiger partial charge in [-0.05, 0) is 25.1 Å². The third-order valence-corrected chi connectivity index (χ3v) is 4.33. The van der Waals surface area contributed by atoms with Crippen LogP contribution in [-0.2, 0) is 9.59 Å². The molecule has 2 aromatic heterocycles. The Morgan fingerprint density at radius 2 is 2.16 bits per heavy atom. The minimum absolute atomic E-state index is 0.0884. The second kappa shape index (κ2) is 7.27. The Kier molecular flexibility index (Phi) is 4.90. The molecular weight excluding hydrogens is 340 g/mol. The summed E-state index contributed by atoms with van der Waals surface area (Å²) < 4.78 is 5.93. The van der Waals surface area contributed by atoms with Crippen LogP contribution in [0.25, 0.3) is 16.3 Å². The van der Waals surface area contributed by atoms with Gasteiger partial charge in [0.15, 0.2) is 5.82 Å². The van der Waals surface area contributed by atoms with Crippen LogP contribution in [0.2, 0.25) is 0 Å². The summed E-state index contributed by atoms with van der Waals surface area (Å²) in [5.41, 5.74) is 0.898. The van der Waals surface area contributed by atoms with E-state index in [4.69, 9.17) is 4.52 Å². The number of para-hydroxylation sites is 1. The highest BCUT2D eigenvalue weighted by atomic mass is 32.1. The molecule has 3 aromatic rings. The molecule has 0 bridgehead atoms. The quantitative estimate of drug-likeness (QED) is 0.710. The molecule has 0 saturated heterocycles. The van der Waals surface area contributed by atoms with Gasteiger partial charge in [-0.3, -0.25) is 9.59 Å². The van der Waals surface area contributed by atoms with Gasteiger partial charge in [0.1, 0.15) is 10.8 Å². The molecule has 2 heterocycles. The van der Waals surface area contributed by atoms with Gasteiger partial charge in [-0.25, -0.2) is 4.98 Å². The van der Waals surface area contributed by atoms with Crippen molar-refractivity contribution in [2.24, 2.45) is 0 Å². The second-order valence-electron chi connectivity index (χ2n) is 5.42.